The highest BCUT2D eigenvalue weighted by Gasteiger charge is 2.35. The van der Waals surface area contributed by atoms with Gasteiger partial charge in [-0.3, -0.25) is 4.79 Å². The molecule has 0 spiro atoms. The summed E-state index contributed by atoms with van der Waals surface area (Å²) >= 11 is 0. The van der Waals surface area contributed by atoms with E-state index in [1.54, 1.807) is 25.1 Å². The lowest BCUT2D eigenvalue weighted by atomic mass is 9.85. The lowest BCUT2D eigenvalue weighted by Gasteiger charge is -2.18. The van der Waals surface area contributed by atoms with Crippen molar-refractivity contribution < 1.29 is 13.2 Å². The second-order valence-electron chi connectivity index (χ2n) is 6.68. The number of Topliss-reactive ketones (excluding diaryl/α,β-unsaturated/α-hetero) is 1. The van der Waals surface area contributed by atoms with E-state index in [0.717, 1.165) is 22.3 Å². The van der Waals surface area contributed by atoms with Crippen LogP contribution in [0.15, 0.2) is 47.4 Å². The predicted octanol–water partition coefficient (Wildman–Crippen LogP) is 4.01. The van der Waals surface area contributed by atoms with Gasteiger partial charge in [-0.15, -0.1) is 0 Å². The summed E-state index contributed by atoms with van der Waals surface area (Å²) in [6.45, 7) is 5.78. The zero-order valence-corrected chi connectivity index (χ0v) is 14.4. The van der Waals surface area contributed by atoms with Crippen molar-refractivity contribution >= 4 is 15.6 Å². The number of hydrogen-bond donors (Lipinski definition) is 0. The first-order chi connectivity index (χ1) is 10.7. The van der Waals surface area contributed by atoms with Crippen LogP contribution in [0.2, 0.25) is 0 Å². The summed E-state index contributed by atoms with van der Waals surface area (Å²) in [5, 5.41) is 0. The molecular weight excluding hydrogens is 308 g/mol. The summed E-state index contributed by atoms with van der Waals surface area (Å²) in [7, 11) is -3.23. The Labute approximate surface area is 137 Å². The first-order valence-electron chi connectivity index (χ1n) is 7.75. The molecule has 0 bridgehead atoms. The van der Waals surface area contributed by atoms with Gasteiger partial charge in [0.2, 0.25) is 0 Å². The molecule has 0 aliphatic heterocycles. The molecule has 1 aliphatic carbocycles. The molecule has 0 amide bonds. The minimum atomic E-state index is -3.23. The Bertz CT molecular complexity index is 893. The molecule has 23 heavy (non-hydrogen) atoms. The van der Waals surface area contributed by atoms with Crippen LogP contribution in [-0.4, -0.2) is 20.0 Å². The third kappa shape index (κ3) is 2.72. The van der Waals surface area contributed by atoms with E-state index >= 15 is 0 Å². The molecule has 0 heterocycles. The number of carbonyl (C=O) groups is 1. The van der Waals surface area contributed by atoms with Gasteiger partial charge in [-0.05, 0) is 40.3 Å². The van der Waals surface area contributed by atoms with Crippen molar-refractivity contribution in [1.29, 1.82) is 0 Å². The Kier molecular flexibility index (Phi) is 3.68. The second kappa shape index (κ2) is 5.31. The smallest absolute Gasteiger partial charge is 0.178 e. The second-order valence-corrected chi connectivity index (χ2v) is 8.95. The number of ketones is 1. The Morgan fingerprint density at radius 2 is 1.74 bits per heavy atom. The summed E-state index contributed by atoms with van der Waals surface area (Å²) in [6, 6.07) is 12.8. The molecule has 0 aromatic heterocycles. The first-order valence-corrected chi connectivity index (χ1v) is 9.41. The maximum absolute atomic E-state index is 12.1. The Hall–Kier alpha value is -1.94. The average Bonchev–Trinajstić information content (AvgIpc) is 2.76. The number of fused-ring (bicyclic) bond motifs is 1. The molecule has 3 nitrogen and oxygen atoms in total. The largest absolute Gasteiger partial charge is 0.294 e. The Balaban J connectivity index is 2.12. The topological polar surface area (TPSA) is 51.2 Å². The van der Waals surface area contributed by atoms with E-state index in [0.29, 0.717) is 11.3 Å². The van der Waals surface area contributed by atoms with Gasteiger partial charge in [0, 0.05) is 12.0 Å². The van der Waals surface area contributed by atoms with Gasteiger partial charge in [-0.1, -0.05) is 45.0 Å². The van der Waals surface area contributed by atoms with E-state index in [-0.39, 0.29) is 17.0 Å². The van der Waals surface area contributed by atoms with Gasteiger partial charge >= 0.3 is 0 Å². The SMILES string of the molecule is CCS(=O)(=O)c1cccc(-c2ccc3c(c2)C(C)(C)CC3=O)c1. The van der Waals surface area contributed by atoms with Gasteiger partial charge < -0.3 is 0 Å². The molecule has 0 N–H and O–H groups in total. The summed E-state index contributed by atoms with van der Waals surface area (Å²) in [5.74, 6) is 0.265. The highest BCUT2D eigenvalue weighted by Crippen LogP contribution is 2.40. The lowest BCUT2D eigenvalue weighted by molar-refractivity contribution is 0.0979. The molecule has 0 atom stereocenters. The van der Waals surface area contributed by atoms with Crippen LogP contribution in [0.4, 0.5) is 0 Å². The molecule has 1 aliphatic rings. The summed E-state index contributed by atoms with van der Waals surface area (Å²) in [5.41, 5.74) is 3.47. The normalized spacial score (nSPS) is 16.4. The van der Waals surface area contributed by atoms with Gasteiger partial charge in [0.25, 0.3) is 0 Å². The fourth-order valence-corrected chi connectivity index (χ4v) is 4.08. The average molecular weight is 328 g/mol. The number of rotatable bonds is 3. The zero-order chi connectivity index (χ0) is 16.8. The standard InChI is InChI=1S/C19H20O3S/c1-4-23(21,22)15-7-5-6-13(10-15)14-8-9-16-17(11-14)19(2,3)12-18(16)20/h5-11H,4,12H2,1-3H3. The predicted molar refractivity (Wildman–Crippen MR) is 91.6 cm³/mol. The fraction of sp³-hybridized carbons (Fsp3) is 0.316. The molecule has 3 rings (SSSR count). The summed E-state index contributed by atoms with van der Waals surface area (Å²) in [6.07, 6.45) is 0.524. The van der Waals surface area contributed by atoms with Gasteiger partial charge in [-0.25, -0.2) is 8.42 Å². The van der Waals surface area contributed by atoms with Crippen LogP contribution in [0.25, 0.3) is 11.1 Å². The fourth-order valence-electron chi connectivity index (χ4n) is 3.15. The maximum Gasteiger partial charge on any atom is 0.178 e. The minimum Gasteiger partial charge on any atom is -0.294 e. The summed E-state index contributed by atoms with van der Waals surface area (Å²) < 4.78 is 24.1. The van der Waals surface area contributed by atoms with E-state index in [4.69, 9.17) is 0 Å². The minimum absolute atomic E-state index is 0.0855. The van der Waals surface area contributed by atoms with Gasteiger partial charge in [0.15, 0.2) is 15.6 Å². The van der Waals surface area contributed by atoms with Crippen LogP contribution in [0, 0.1) is 0 Å². The van der Waals surface area contributed by atoms with Crippen molar-refractivity contribution in [2.45, 2.75) is 37.5 Å². The van der Waals surface area contributed by atoms with E-state index in [9.17, 15) is 13.2 Å². The van der Waals surface area contributed by atoms with Crippen molar-refractivity contribution in [2.75, 3.05) is 5.75 Å². The van der Waals surface area contributed by atoms with E-state index in [2.05, 4.69) is 13.8 Å². The first kappa shape index (κ1) is 15.9. The molecule has 2 aromatic rings. The van der Waals surface area contributed by atoms with Crippen molar-refractivity contribution in [2.24, 2.45) is 0 Å². The maximum atomic E-state index is 12.1. The molecule has 2 aromatic carbocycles. The van der Waals surface area contributed by atoms with Crippen LogP contribution in [-0.2, 0) is 15.3 Å². The number of sulfone groups is 1. The number of carbonyl (C=O) groups excluding carboxylic acids is 1. The summed E-state index contributed by atoms with van der Waals surface area (Å²) in [4.78, 5) is 12.4. The molecule has 4 heteroatoms. The third-order valence-corrected chi connectivity index (χ3v) is 6.29. The highest BCUT2D eigenvalue weighted by atomic mass is 32.2. The zero-order valence-electron chi connectivity index (χ0n) is 13.6. The molecule has 120 valence electrons. The van der Waals surface area contributed by atoms with Gasteiger partial charge in [0.1, 0.15) is 0 Å². The van der Waals surface area contributed by atoms with E-state index < -0.39 is 9.84 Å². The quantitative estimate of drug-likeness (QED) is 0.855. The number of hydrogen-bond acceptors (Lipinski definition) is 3. The molecule has 0 unspecified atom stereocenters. The van der Waals surface area contributed by atoms with Crippen LogP contribution in [0.1, 0.15) is 43.1 Å². The monoisotopic (exact) mass is 328 g/mol. The van der Waals surface area contributed by atoms with Crippen LogP contribution in [0.3, 0.4) is 0 Å². The van der Waals surface area contributed by atoms with Crippen LogP contribution < -0.4 is 0 Å². The molecular formula is C19H20O3S. The van der Waals surface area contributed by atoms with Crippen LogP contribution >= 0.6 is 0 Å². The highest BCUT2D eigenvalue weighted by molar-refractivity contribution is 7.91. The molecule has 0 radical (unpaired) electrons. The van der Waals surface area contributed by atoms with Crippen molar-refractivity contribution in [3.8, 4) is 11.1 Å². The van der Waals surface area contributed by atoms with Crippen molar-refractivity contribution in [1.82, 2.24) is 0 Å². The van der Waals surface area contributed by atoms with Crippen molar-refractivity contribution in [3.63, 3.8) is 0 Å². The molecule has 0 fully saturated rings. The molecule has 0 saturated carbocycles. The van der Waals surface area contributed by atoms with Crippen LogP contribution in [0.5, 0.6) is 0 Å². The Morgan fingerprint density at radius 3 is 2.43 bits per heavy atom. The number of benzene rings is 2. The lowest BCUT2D eigenvalue weighted by Crippen LogP contribution is -2.12. The van der Waals surface area contributed by atoms with Gasteiger partial charge in [-0.2, -0.15) is 0 Å². The Morgan fingerprint density at radius 1 is 1.04 bits per heavy atom. The van der Waals surface area contributed by atoms with Crippen molar-refractivity contribution in [3.05, 3.63) is 53.6 Å². The van der Waals surface area contributed by atoms with Gasteiger partial charge in [0.05, 0.1) is 10.6 Å². The molecule has 0 saturated heterocycles. The third-order valence-electron chi connectivity index (χ3n) is 4.56. The van der Waals surface area contributed by atoms with E-state index in [1.165, 1.54) is 0 Å². The van der Waals surface area contributed by atoms with E-state index in [1.807, 2.05) is 24.3 Å².